The molecule has 18 heavy (non-hydrogen) atoms. The maximum absolute atomic E-state index is 13.7. The Labute approximate surface area is 118 Å². The van der Waals surface area contributed by atoms with Crippen molar-refractivity contribution < 1.29 is 9.13 Å². The second kappa shape index (κ2) is 5.31. The molecule has 2 nitrogen and oxygen atoms in total. The van der Waals surface area contributed by atoms with E-state index in [1.807, 2.05) is 0 Å². The fourth-order valence-corrected chi connectivity index (χ4v) is 2.05. The molecule has 0 saturated heterocycles. The minimum absolute atomic E-state index is 0.235. The Bertz CT molecular complexity index is 581. The molecule has 0 spiro atoms. The molecule has 0 radical (unpaired) electrons. The van der Waals surface area contributed by atoms with Crippen LogP contribution in [0.5, 0.6) is 5.75 Å². The molecule has 0 N–H and O–H groups in total. The quantitative estimate of drug-likeness (QED) is 0.584. The van der Waals surface area contributed by atoms with Crippen LogP contribution in [0.2, 0.25) is 15.1 Å². The minimum atomic E-state index is -0.634. The molecule has 1 aromatic carbocycles. The van der Waals surface area contributed by atoms with Gasteiger partial charge >= 0.3 is 0 Å². The van der Waals surface area contributed by atoms with Crippen molar-refractivity contribution in [2.24, 2.45) is 0 Å². The normalized spacial score (nSPS) is 10.5. The van der Waals surface area contributed by atoms with Crippen molar-refractivity contribution in [2.75, 3.05) is 7.11 Å². The van der Waals surface area contributed by atoms with Crippen LogP contribution in [-0.4, -0.2) is 12.1 Å². The average molecular weight is 307 g/mol. The Balaban J connectivity index is 2.61. The van der Waals surface area contributed by atoms with Crippen molar-refractivity contribution in [1.82, 2.24) is 4.98 Å². The molecule has 0 aliphatic rings. The summed E-state index contributed by atoms with van der Waals surface area (Å²) in [4.78, 5) is 3.60. The van der Waals surface area contributed by atoms with E-state index in [0.29, 0.717) is 11.3 Å². The molecule has 1 heterocycles. The van der Waals surface area contributed by atoms with E-state index >= 15 is 0 Å². The lowest BCUT2D eigenvalue weighted by Gasteiger charge is -2.08. The van der Waals surface area contributed by atoms with Gasteiger partial charge in [0.05, 0.1) is 28.4 Å². The fourth-order valence-electron chi connectivity index (χ4n) is 1.45. The number of aromatic nitrogens is 1. The first-order valence-electron chi connectivity index (χ1n) is 4.87. The summed E-state index contributed by atoms with van der Waals surface area (Å²) in [5.74, 6) is -0.196. The largest absolute Gasteiger partial charge is 0.495 e. The van der Waals surface area contributed by atoms with Gasteiger partial charge in [0.2, 0.25) is 5.95 Å². The molecule has 6 heteroatoms. The lowest BCUT2D eigenvalue weighted by Crippen LogP contribution is -1.92. The van der Waals surface area contributed by atoms with Crippen molar-refractivity contribution in [1.29, 1.82) is 0 Å². The van der Waals surface area contributed by atoms with E-state index in [9.17, 15) is 4.39 Å². The summed E-state index contributed by atoms with van der Waals surface area (Å²) in [5, 5.41) is 0.737. The van der Waals surface area contributed by atoms with Crippen LogP contribution >= 0.6 is 34.8 Å². The first-order valence-corrected chi connectivity index (χ1v) is 6.00. The van der Waals surface area contributed by atoms with E-state index in [2.05, 4.69) is 4.98 Å². The van der Waals surface area contributed by atoms with Crippen LogP contribution in [0, 0.1) is 5.95 Å². The monoisotopic (exact) mass is 305 g/mol. The van der Waals surface area contributed by atoms with Gasteiger partial charge in [0.1, 0.15) is 5.75 Å². The number of methoxy groups -OCH3 is 1. The molecule has 2 rings (SSSR count). The highest BCUT2D eigenvalue weighted by Gasteiger charge is 2.12. The van der Waals surface area contributed by atoms with Gasteiger partial charge in [0.15, 0.2) is 0 Å². The molecule has 0 amide bonds. The third kappa shape index (κ3) is 2.53. The molecule has 0 aliphatic carbocycles. The van der Waals surface area contributed by atoms with Gasteiger partial charge in [0.25, 0.3) is 0 Å². The van der Waals surface area contributed by atoms with Crippen molar-refractivity contribution >= 4 is 34.8 Å². The van der Waals surface area contributed by atoms with Crippen molar-refractivity contribution in [3.05, 3.63) is 45.4 Å². The number of rotatable bonds is 2. The van der Waals surface area contributed by atoms with Gasteiger partial charge in [-0.15, -0.1) is 0 Å². The van der Waals surface area contributed by atoms with E-state index in [0.717, 1.165) is 0 Å². The summed E-state index contributed by atoms with van der Waals surface area (Å²) < 4.78 is 18.7. The zero-order valence-corrected chi connectivity index (χ0v) is 11.4. The number of pyridine rings is 1. The summed E-state index contributed by atoms with van der Waals surface area (Å²) >= 11 is 17.6. The van der Waals surface area contributed by atoms with Crippen LogP contribution in [0.25, 0.3) is 11.1 Å². The Morgan fingerprint density at radius 3 is 2.28 bits per heavy atom. The van der Waals surface area contributed by atoms with Crippen LogP contribution in [0.4, 0.5) is 4.39 Å². The third-order valence-corrected chi connectivity index (χ3v) is 3.54. The molecule has 0 aliphatic heterocycles. The second-order valence-electron chi connectivity index (χ2n) is 3.47. The van der Waals surface area contributed by atoms with Crippen molar-refractivity contribution in [3.8, 4) is 16.9 Å². The number of ether oxygens (including phenoxy) is 1. The summed E-state index contributed by atoms with van der Waals surface area (Å²) in [6.45, 7) is 0. The maximum atomic E-state index is 13.7. The average Bonchev–Trinajstić information content (AvgIpc) is 2.36. The molecule has 0 unspecified atom stereocenters. The molecule has 1 aromatic heterocycles. The van der Waals surface area contributed by atoms with Crippen LogP contribution in [0.3, 0.4) is 0 Å². The Morgan fingerprint density at radius 2 is 1.72 bits per heavy atom. The molecule has 94 valence electrons. The van der Waals surface area contributed by atoms with Gasteiger partial charge in [-0.05, 0) is 23.8 Å². The van der Waals surface area contributed by atoms with Crippen LogP contribution < -0.4 is 4.74 Å². The second-order valence-corrected chi connectivity index (χ2v) is 4.66. The fraction of sp³-hybridized carbons (Fsp3) is 0.0833. The third-order valence-electron chi connectivity index (χ3n) is 2.34. The van der Waals surface area contributed by atoms with Crippen LogP contribution in [-0.2, 0) is 0 Å². The molecule has 0 bridgehead atoms. The lowest BCUT2D eigenvalue weighted by atomic mass is 10.1. The topological polar surface area (TPSA) is 22.1 Å². The smallest absolute Gasteiger partial charge is 0.220 e. The highest BCUT2D eigenvalue weighted by molar-refractivity contribution is 6.48. The predicted octanol–water partition coefficient (Wildman–Crippen LogP) is 4.86. The standard InChI is InChI=1S/C12H7Cl3FNO/c1-18-7-4-8(12(16)17-5-7)6-2-9(13)11(15)10(14)3-6/h2-5H,1H3. The zero-order valence-electron chi connectivity index (χ0n) is 9.18. The van der Waals surface area contributed by atoms with Gasteiger partial charge in [-0.3, -0.25) is 0 Å². The highest BCUT2D eigenvalue weighted by atomic mass is 35.5. The van der Waals surface area contributed by atoms with Gasteiger partial charge in [0, 0.05) is 5.56 Å². The van der Waals surface area contributed by atoms with E-state index in [1.165, 1.54) is 31.5 Å². The Morgan fingerprint density at radius 1 is 1.11 bits per heavy atom. The van der Waals surface area contributed by atoms with E-state index < -0.39 is 5.95 Å². The summed E-state index contributed by atoms with van der Waals surface area (Å²) in [5.41, 5.74) is 0.730. The number of benzene rings is 1. The Hall–Kier alpha value is -1.03. The number of halogens is 4. The minimum Gasteiger partial charge on any atom is -0.495 e. The highest BCUT2D eigenvalue weighted by Crippen LogP contribution is 2.36. The van der Waals surface area contributed by atoms with Crippen LogP contribution in [0.1, 0.15) is 0 Å². The summed E-state index contributed by atoms with van der Waals surface area (Å²) in [6, 6.07) is 4.56. The molecular formula is C12H7Cl3FNO. The van der Waals surface area contributed by atoms with E-state index in [-0.39, 0.29) is 20.6 Å². The molecular weight excluding hydrogens is 299 g/mol. The molecule has 0 fully saturated rings. The summed E-state index contributed by atoms with van der Waals surface area (Å²) in [6.07, 6.45) is 1.29. The molecule has 0 saturated carbocycles. The van der Waals surface area contributed by atoms with Gasteiger partial charge in [-0.1, -0.05) is 34.8 Å². The first-order chi connectivity index (χ1) is 8.52. The molecule has 2 aromatic rings. The number of nitrogens with zero attached hydrogens (tertiary/aromatic N) is 1. The van der Waals surface area contributed by atoms with E-state index in [1.54, 1.807) is 0 Å². The maximum Gasteiger partial charge on any atom is 0.220 e. The van der Waals surface area contributed by atoms with Crippen molar-refractivity contribution in [2.45, 2.75) is 0 Å². The Kier molecular flexibility index (Phi) is 3.95. The number of hydrogen-bond acceptors (Lipinski definition) is 2. The molecule has 0 atom stereocenters. The SMILES string of the molecule is COc1cnc(F)c(-c2cc(Cl)c(Cl)c(Cl)c2)c1. The van der Waals surface area contributed by atoms with Crippen molar-refractivity contribution in [3.63, 3.8) is 0 Å². The lowest BCUT2D eigenvalue weighted by molar-refractivity contribution is 0.410. The summed E-state index contributed by atoms with van der Waals surface area (Å²) in [7, 11) is 1.47. The van der Waals surface area contributed by atoms with Gasteiger partial charge in [-0.25, -0.2) is 4.98 Å². The predicted molar refractivity (Wildman–Crippen MR) is 71.2 cm³/mol. The van der Waals surface area contributed by atoms with Gasteiger partial charge in [-0.2, -0.15) is 4.39 Å². The van der Waals surface area contributed by atoms with E-state index in [4.69, 9.17) is 39.5 Å². The number of hydrogen-bond donors (Lipinski definition) is 0. The zero-order chi connectivity index (χ0) is 13.3. The van der Waals surface area contributed by atoms with Crippen LogP contribution in [0.15, 0.2) is 24.4 Å². The van der Waals surface area contributed by atoms with Gasteiger partial charge < -0.3 is 4.74 Å². The first kappa shape index (κ1) is 13.4.